The normalized spacial score (nSPS) is 9.90. The van der Waals surface area contributed by atoms with E-state index in [9.17, 15) is 9.59 Å². The highest BCUT2D eigenvalue weighted by molar-refractivity contribution is 5.52. The fourth-order valence-electron chi connectivity index (χ4n) is 1.69. The lowest BCUT2D eigenvalue weighted by molar-refractivity contribution is 0.305. The maximum Gasteiger partial charge on any atom is 0.349 e. The number of nitrogens with zero attached hydrogens (tertiary/aromatic N) is 1. The molecular weight excluding hydrogens is 262 g/mol. The number of benzene rings is 1. The molecule has 0 bridgehead atoms. The van der Waals surface area contributed by atoms with E-state index in [1.165, 1.54) is 7.11 Å². The lowest BCUT2D eigenvalue weighted by atomic mass is 10.2. The minimum Gasteiger partial charge on any atom is -0.495 e. The Kier molecular flexibility index (Phi) is 4.08. The van der Waals surface area contributed by atoms with Gasteiger partial charge < -0.3 is 9.84 Å². The molecule has 0 aliphatic rings. The number of aliphatic hydroxyl groups excluding tert-OH is 1. The zero-order valence-electron chi connectivity index (χ0n) is 10.8. The Bertz CT molecular complexity index is 746. The predicted octanol–water partition coefficient (Wildman–Crippen LogP) is -0.404. The van der Waals surface area contributed by atoms with Crippen molar-refractivity contribution >= 4 is 0 Å². The number of hydrogen-bond acceptors (Lipinski definition) is 4. The van der Waals surface area contributed by atoms with E-state index in [4.69, 9.17) is 9.84 Å². The van der Waals surface area contributed by atoms with Gasteiger partial charge in [0.05, 0.1) is 19.4 Å². The molecule has 104 valence electrons. The van der Waals surface area contributed by atoms with Gasteiger partial charge in [-0.05, 0) is 18.2 Å². The van der Waals surface area contributed by atoms with Crippen molar-refractivity contribution < 1.29 is 9.84 Å². The zero-order chi connectivity index (χ0) is 14.5. The first-order valence-electron chi connectivity index (χ1n) is 5.85. The number of methoxy groups -OCH3 is 1. The van der Waals surface area contributed by atoms with E-state index < -0.39 is 11.4 Å². The molecular formula is C13H13N3O4. The summed E-state index contributed by atoms with van der Waals surface area (Å²) in [5.41, 5.74) is -0.264. The Morgan fingerprint density at radius 2 is 2.00 bits per heavy atom. The minimum absolute atomic E-state index is 0.0209. The van der Waals surface area contributed by atoms with E-state index in [0.29, 0.717) is 23.4 Å². The smallest absolute Gasteiger partial charge is 0.349 e. The highest BCUT2D eigenvalue weighted by Crippen LogP contribution is 2.21. The van der Waals surface area contributed by atoms with Gasteiger partial charge >= 0.3 is 11.4 Å². The van der Waals surface area contributed by atoms with E-state index in [2.05, 4.69) is 22.0 Å². The Balaban J connectivity index is 2.57. The molecule has 0 saturated carbocycles. The van der Waals surface area contributed by atoms with Crippen molar-refractivity contribution in [2.24, 2.45) is 0 Å². The average molecular weight is 275 g/mol. The Morgan fingerprint density at radius 1 is 1.30 bits per heavy atom. The van der Waals surface area contributed by atoms with Crippen LogP contribution < -0.4 is 16.1 Å². The van der Waals surface area contributed by atoms with Gasteiger partial charge in [0.15, 0.2) is 0 Å². The number of aromatic amines is 2. The minimum atomic E-state index is -0.589. The molecule has 7 heteroatoms. The number of rotatable bonds is 3. The molecule has 0 saturated heterocycles. The zero-order valence-corrected chi connectivity index (χ0v) is 10.8. The molecule has 0 fully saturated rings. The van der Waals surface area contributed by atoms with Crippen molar-refractivity contribution in [3.8, 4) is 23.3 Å². The van der Waals surface area contributed by atoms with Crippen LogP contribution in [0.1, 0.15) is 12.0 Å². The molecule has 0 atom stereocenters. The summed E-state index contributed by atoms with van der Waals surface area (Å²) in [5, 5.41) is 13.1. The third-order valence-electron chi connectivity index (χ3n) is 2.57. The van der Waals surface area contributed by atoms with Crippen LogP contribution >= 0.6 is 0 Å². The van der Waals surface area contributed by atoms with Crippen LogP contribution in [0.3, 0.4) is 0 Å². The summed E-state index contributed by atoms with van der Waals surface area (Å²) >= 11 is 0. The van der Waals surface area contributed by atoms with Crippen molar-refractivity contribution in [1.82, 2.24) is 14.8 Å². The number of aliphatic hydroxyl groups is 1. The van der Waals surface area contributed by atoms with Crippen molar-refractivity contribution in [3.63, 3.8) is 0 Å². The number of aromatic nitrogens is 3. The molecule has 1 aromatic heterocycles. The maximum atomic E-state index is 11.6. The summed E-state index contributed by atoms with van der Waals surface area (Å²) in [4.78, 5) is 23.3. The molecule has 1 heterocycles. The van der Waals surface area contributed by atoms with Crippen LogP contribution in [0.5, 0.6) is 5.75 Å². The third-order valence-corrected chi connectivity index (χ3v) is 2.57. The van der Waals surface area contributed by atoms with Crippen LogP contribution in [-0.4, -0.2) is 33.6 Å². The standard InChI is InChI=1S/C13H13N3O4/c1-20-11-6-5-9(4-2-3-7-17)8-10(11)16-12(18)14-15-13(16)19/h5-6,8,17H,3,7H2,1H3,(H,14,18)(H,15,19). The average Bonchev–Trinajstić information content (AvgIpc) is 2.78. The predicted molar refractivity (Wildman–Crippen MR) is 72.1 cm³/mol. The molecule has 7 nitrogen and oxygen atoms in total. The van der Waals surface area contributed by atoms with Gasteiger partial charge in [-0.1, -0.05) is 11.8 Å². The number of ether oxygens (including phenoxy) is 1. The van der Waals surface area contributed by atoms with Crippen molar-refractivity contribution in [1.29, 1.82) is 0 Å². The summed E-state index contributed by atoms with van der Waals surface area (Å²) < 4.78 is 6.07. The molecule has 1 aromatic carbocycles. The third kappa shape index (κ3) is 2.65. The van der Waals surface area contributed by atoms with Crippen LogP contribution in [0.25, 0.3) is 5.69 Å². The first-order valence-corrected chi connectivity index (χ1v) is 5.85. The van der Waals surface area contributed by atoms with Crippen molar-refractivity contribution in [3.05, 3.63) is 44.7 Å². The molecule has 0 aliphatic heterocycles. The lowest BCUT2D eigenvalue weighted by Crippen LogP contribution is -2.25. The molecule has 20 heavy (non-hydrogen) atoms. The number of hydrogen-bond donors (Lipinski definition) is 3. The highest BCUT2D eigenvalue weighted by Gasteiger charge is 2.12. The Hall–Kier alpha value is -2.72. The van der Waals surface area contributed by atoms with Crippen LogP contribution in [0, 0.1) is 11.8 Å². The van der Waals surface area contributed by atoms with E-state index in [0.717, 1.165) is 4.57 Å². The molecule has 3 N–H and O–H groups in total. The lowest BCUT2D eigenvalue weighted by Gasteiger charge is -2.07. The second-order valence-corrected chi connectivity index (χ2v) is 3.86. The number of H-pyrrole nitrogens is 2. The number of nitrogens with one attached hydrogen (secondary N) is 2. The summed E-state index contributed by atoms with van der Waals surface area (Å²) in [5.74, 6) is 5.98. The van der Waals surface area contributed by atoms with Gasteiger partial charge in [-0.25, -0.2) is 24.4 Å². The Labute approximate surface area is 113 Å². The van der Waals surface area contributed by atoms with Crippen LogP contribution in [0.4, 0.5) is 0 Å². The van der Waals surface area contributed by atoms with Crippen LogP contribution in [0.2, 0.25) is 0 Å². The fraction of sp³-hybridized carbons (Fsp3) is 0.231. The van der Waals surface area contributed by atoms with E-state index >= 15 is 0 Å². The van der Waals surface area contributed by atoms with E-state index in [1.54, 1.807) is 18.2 Å². The van der Waals surface area contributed by atoms with Crippen molar-refractivity contribution in [2.75, 3.05) is 13.7 Å². The monoisotopic (exact) mass is 275 g/mol. The van der Waals surface area contributed by atoms with Crippen molar-refractivity contribution in [2.45, 2.75) is 6.42 Å². The molecule has 0 unspecified atom stereocenters. The highest BCUT2D eigenvalue weighted by atomic mass is 16.5. The molecule has 2 aromatic rings. The van der Waals surface area contributed by atoms with Gasteiger partial charge in [-0.2, -0.15) is 0 Å². The summed E-state index contributed by atoms with van der Waals surface area (Å²) in [6.45, 7) is -0.0209. The fourth-order valence-corrected chi connectivity index (χ4v) is 1.69. The Morgan fingerprint density at radius 3 is 2.60 bits per heavy atom. The summed E-state index contributed by atoms with van der Waals surface area (Å²) in [6, 6.07) is 4.91. The van der Waals surface area contributed by atoms with Gasteiger partial charge in [0, 0.05) is 12.0 Å². The first-order chi connectivity index (χ1) is 9.67. The second-order valence-electron chi connectivity index (χ2n) is 3.86. The molecule has 0 amide bonds. The quantitative estimate of drug-likeness (QED) is 0.663. The van der Waals surface area contributed by atoms with Crippen LogP contribution in [0.15, 0.2) is 27.8 Å². The van der Waals surface area contributed by atoms with Gasteiger partial charge in [-0.15, -0.1) is 0 Å². The second kappa shape index (κ2) is 5.95. The SMILES string of the molecule is COc1ccc(C#CCCO)cc1-n1c(=O)[nH][nH]c1=O. The first kappa shape index (κ1) is 13.7. The molecule has 0 aliphatic carbocycles. The summed E-state index contributed by atoms with van der Waals surface area (Å²) in [6.07, 6.45) is 0.353. The maximum absolute atomic E-state index is 11.6. The van der Waals surface area contributed by atoms with Gasteiger partial charge in [0.1, 0.15) is 5.75 Å². The molecule has 0 spiro atoms. The molecule has 0 radical (unpaired) electrons. The van der Waals surface area contributed by atoms with Crippen LogP contribution in [-0.2, 0) is 0 Å². The summed E-state index contributed by atoms with van der Waals surface area (Å²) in [7, 11) is 1.45. The topological polar surface area (TPSA) is 100 Å². The van der Waals surface area contributed by atoms with E-state index in [-0.39, 0.29) is 6.61 Å². The van der Waals surface area contributed by atoms with E-state index in [1.807, 2.05) is 0 Å². The van der Waals surface area contributed by atoms with Gasteiger partial charge in [0.2, 0.25) is 0 Å². The van der Waals surface area contributed by atoms with Gasteiger partial charge in [0.25, 0.3) is 0 Å². The largest absolute Gasteiger partial charge is 0.495 e. The molecule has 2 rings (SSSR count). The van der Waals surface area contributed by atoms with Gasteiger partial charge in [-0.3, -0.25) is 0 Å².